The molecule has 0 spiro atoms. The predicted octanol–water partition coefficient (Wildman–Crippen LogP) is 1.84. The highest BCUT2D eigenvalue weighted by molar-refractivity contribution is 5.61. The third kappa shape index (κ3) is 2.52. The quantitative estimate of drug-likeness (QED) is 0.851. The summed E-state index contributed by atoms with van der Waals surface area (Å²) in [6.45, 7) is 4.55. The molecule has 1 aromatic rings. The van der Waals surface area contributed by atoms with Gasteiger partial charge in [0, 0.05) is 24.8 Å². The van der Waals surface area contributed by atoms with Gasteiger partial charge >= 0.3 is 0 Å². The Bertz CT molecular complexity index is 408. The topological polar surface area (TPSA) is 27.3 Å². The fourth-order valence-corrected chi connectivity index (χ4v) is 3.03. The number of para-hydroxylation sites is 1. The Morgan fingerprint density at radius 1 is 1.33 bits per heavy atom. The van der Waals surface area contributed by atoms with Crippen LogP contribution in [0.5, 0.6) is 0 Å². The van der Waals surface area contributed by atoms with Crippen LogP contribution in [-0.2, 0) is 13.0 Å². The third-order valence-corrected chi connectivity index (χ3v) is 4.23. The van der Waals surface area contributed by atoms with E-state index in [9.17, 15) is 0 Å². The molecule has 0 unspecified atom stereocenters. The highest BCUT2D eigenvalue weighted by atomic mass is 15.1. The zero-order chi connectivity index (χ0) is 12.4. The lowest BCUT2D eigenvalue weighted by Gasteiger charge is -2.29. The van der Waals surface area contributed by atoms with Crippen molar-refractivity contribution in [1.82, 2.24) is 10.2 Å². The molecule has 0 aromatic heterocycles. The summed E-state index contributed by atoms with van der Waals surface area (Å²) in [5, 5.41) is 7.24. The number of nitrogens with one attached hydrogen (secondary N) is 2. The van der Waals surface area contributed by atoms with Crippen molar-refractivity contribution in [3.8, 4) is 0 Å². The van der Waals surface area contributed by atoms with E-state index in [1.165, 1.54) is 49.2 Å². The molecular formula is C15H23N3. The van der Waals surface area contributed by atoms with E-state index in [-0.39, 0.29) is 0 Å². The summed E-state index contributed by atoms with van der Waals surface area (Å²) in [6, 6.07) is 7.38. The van der Waals surface area contributed by atoms with Crippen LogP contribution in [0.25, 0.3) is 0 Å². The van der Waals surface area contributed by atoms with Gasteiger partial charge in [-0.05, 0) is 50.5 Å². The lowest BCUT2D eigenvalue weighted by atomic mass is 10.0. The molecule has 0 aliphatic carbocycles. The number of likely N-dealkylation sites (tertiary alicyclic amines) is 1. The summed E-state index contributed by atoms with van der Waals surface area (Å²) in [7, 11) is 2.21. The molecule has 0 saturated carbocycles. The summed E-state index contributed by atoms with van der Waals surface area (Å²) >= 11 is 0. The largest absolute Gasteiger partial charge is 0.384 e. The summed E-state index contributed by atoms with van der Waals surface area (Å²) in [5.41, 5.74) is 4.31. The van der Waals surface area contributed by atoms with Crippen molar-refractivity contribution >= 4 is 5.69 Å². The normalized spacial score (nSPS) is 20.7. The molecule has 1 aromatic carbocycles. The van der Waals surface area contributed by atoms with Crippen LogP contribution in [0.15, 0.2) is 18.2 Å². The first-order valence-corrected chi connectivity index (χ1v) is 7.09. The van der Waals surface area contributed by atoms with Gasteiger partial charge in [-0.25, -0.2) is 0 Å². The molecule has 1 fully saturated rings. The second kappa shape index (κ2) is 5.29. The maximum absolute atomic E-state index is 3.72. The Hall–Kier alpha value is -1.06. The fraction of sp³-hybridized carbons (Fsp3) is 0.600. The van der Waals surface area contributed by atoms with E-state index in [1.54, 1.807) is 0 Å². The molecule has 98 valence electrons. The third-order valence-electron chi connectivity index (χ3n) is 4.23. The van der Waals surface area contributed by atoms with Gasteiger partial charge in [0.1, 0.15) is 0 Å². The van der Waals surface area contributed by atoms with Gasteiger partial charge in [-0.2, -0.15) is 0 Å². The molecule has 0 radical (unpaired) electrons. The minimum atomic E-state index is 0.693. The van der Waals surface area contributed by atoms with E-state index in [1.807, 2.05) is 0 Å². The number of rotatable bonds is 3. The SMILES string of the molecule is CN1CCC(NCc2cccc3c2NCC3)CC1. The van der Waals surface area contributed by atoms with Crippen LogP contribution in [0.1, 0.15) is 24.0 Å². The van der Waals surface area contributed by atoms with Gasteiger partial charge < -0.3 is 15.5 Å². The summed E-state index contributed by atoms with van der Waals surface area (Å²) < 4.78 is 0. The van der Waals surface area contributed by atoms with Gasteiger partial charge in [0.15, 0.2) is 0 Å². The molecule has 3 nitrogen and oxygen atoms in total. The van der Waals surface area contributed by atoms with Crippen molar-refractivity contribution in [2.45, 2.75) is 31.8 Å². The van der Waals surface area contributed by atoms with Crippen LogP contribution in [0, 0.1) is 0 Å². The number of piperidine rings is 1. The highest BCUT2D eigenvalue weighted by Gasteiger charge is 2.17. The summed E-state index contributed by atoms with van der Waals surface area (Å²) in [6.07, 6.45) is 3.73. The summed E-state index contributed by atoms with van der Waals surface area (Å²) in [5.74, 6) is 0. The van der Waals surface area contributed by atoms with Crippen LogP contribution < -0.4 is 10.6 Å². The van der Waals surface area contributed by atoms with Gasteiger partial charge in [-0.15, -0.1) is 0 Å². The lowest BCUT2D eigenvalue weighted by Crippen LogP contribution is -2.40. The standard InChI is InChI=1S/C15H23N3/c1-18-9-6-14(7-10-18)17-11-13-4-2-3-12-5-8-16-15(12)13/h2-4,14,16-17H,5-11H2,1H3. The molecule has 0 atom stereocenters. The average Bonchev–Trinajstić information content (AvgIpc) is 2.87. The van der Waals surface area contributed by atoms with E-state index < -0.39 is 0 Å². The van der Waals surface area contributed by atoms with Gasteiger partial charge in [-0.3, -0.25) is 0 Å². The van der Waals surface area contributed by atoms with Crippen molar-refractivity contribution < 1.29 is 0 Å². The number of hydrogen-bond donors (Lipinski definition) is 2. The monoisotopic (exact) mass is 245 g/mol. The van der Waals surface area contributed by atoms with Crippen molar-refractivity contribution in [2.24, 2.45) is 0 Å². The van der Waals surface area contributed by atoms with Crippen molar-refractivity contribution in [1.29, 1.82) is 0 Å². The Morgan fingerprint density at radius 2 is 2.17 bits per heavy atom. The second-order valence-corrected chi connectivity index (χ2v) is 5.59. The van der Waals surface area contributed by atoms with E-state index in [0.717, 1.165) is 13.1 Å². The Balaban J connectivity index is 1.59. The maximum Gasteiger partial charge on any atom is 0.0419 e. The molecule has 2 aliphatic heterocycles. The minimum Gasteiger partial charge on any atom is -0.384 e. The molecule has 2 heterocycles. The molecule has 3 rings (SSSR count). The molecule has 2 N–H and O–H groups in total. The zero-order valence-electron chi connectivity index (χ0n) is 11.2. The van der Waals surface area contributed by atoms with Crippen molar-refractivity contribution in [3.63, 3.8) is 0 Å². The summed E-state index contributed by atoms with van der Waals surface area (Å²) in [4.78, 5) is 2.42. The smallest absolute Gasteiger partial charge is 0.0419 e. The van der Waals surface area contributed by atoms with Gasteiger partial charge in [-0.1, -0.05) is 18.2 Å². The molecule has 0 amide bonds. The molecule has 18 heavy (non-hydrogen) atoms. The van der Waals surface area contributed by atoms with Crippen LogP contribution >= 0.6 is 0 Å². The first-order chi connectivity index (χ1) is 8.83. The number of nitrogens with zero attached hydrogens (tertiary/aromatic N) is 1. The van der Waals surface area contributed by atoms with Gasteiger partial charge in [0.05, 0.1) is 0 Å². The van der Waals surface area contributed by atoms with Gasteiger partial charge in [0.25, 0.3) is 0 Å². The first-order valence-electron chi connectivity index (χ1n) is 7.09. The van der Waals surface area contributed by atoms with E-state index in [2.05, 4.69) is 40.8 Å². The van der Waals surface area contributed by atoms with E-state index in [4.69, 9.17) is 0 Å². The molecule has 0 bridgehead atoms. The maximum atomic E-state index is 3.72. The predicted molar refractivity (Wildman–Crippen MR) is 76.0 cm³/mol. The highest BCUT2D eigenvalue weighted by Crippen LogP contribution is 2.26. The number of fused-ring (bicyclic) bond motifs is 1. The van der Waals surface area contributed by atoms with Gasteiger partial charge in [0.2, 0.25) is 0 Å². The van der Waals surface area contributed by atoms with Crippen LogP contribution in [0.3, 0.4) is 0 Å². The Kier molecular flexibility index (Phi) is 3.52. The molecule has 3 heteroatoms. The number of benzene rings is 1. The van der Waals surface area contributed by atoms with E-state index >= 15 is 0 Å². The second-order valence-electron chi connectivity index (χ2n) is 5.59. The van der Waals surface area contributed by atoms with Crippen molar-refractivity contribution in [3.05, 3.63) is 29.3 Å². The fourth-order valence-electron chi connectivity index (χ4n) is 3.03. The number of hydrogen-bond acceptors (Lipinski definition) is 3. The van der Waals surface area contributed by atoms with Crippen LogP contribution in [0.4, 0.5) is 5.69 Å². The first kappa shape index (κ1) is 12.0. The Morgan fingerprint density at radius 3 is 3.00 bits per heavy atom. The minimum absolute atomic E-state index is 0.693. The van der Waals surface area contributed by atoms with E-state index in [0.29, 0.717) is 6.04 Å². The van der Waals surface area contributed by atoms with Crippen LogP contribution in [0.2, 0.25) is 0 Å². The Labute approximate surface area is 110 Å². The zero-order valence-corrected chi connectivity index (χ0v) is 11.2. The molecule has 1 saturated heterocycles. The molecular weight excluding hydrogens is 222 g/mol. The van der Waals surface area contributed by atoms with Crippen molar-refractivity contribution in [2.75, 3.05) is 32.0 Å². The lowest BCUT2D eigenvalue weighted by molar-refractivity contribution is 0.234. The van der Waals surface area contributed by atoms with Crippen LogP contribution in [-0.4, -0.2) is 37.6 Å². The average molecular weight is 245 g/mol. The number of anilines is 1. The molecule has 2 aliphatic rings.